The molecule has 0 aliphatic heterocycles. The Hall–Kier alpha value is -1.53. The van der Waals surface area contributed by atoms with Crippen LogP contribution in [0.3, 0.4) is 0 Å². The van der Waals surface area contributed by atoms with E-state index in [0.717, 1.165) is 17.7 Å². The topological polar surface area (TPSA) is 74.8 Å². The number of anilines is 1. The van der Waals surface area contributed by atoms with Crippen molar-refractivity contribution in [3.8, 4) is 0 Å². The summed E-state index contributed by atoms with van der Waals surface area (Å²) in [5, 5.41) is 6.68. The molecule has 0 spiro atoms. The first kappa shape index (κ1) is 14.9. The van der Waals surface area contributed by atoms with Crippen LogP contribution in [0.15, 0.2) is 35.2 Å². The molecule has 0 amide bonds. The van der Waals surface area contributed by atoms with Gasteiger partial charge in [0.05, 0.1) is 4.90 Å². The van der Waals surface area contributed by atoms with Gasteiger partial charge >= 0.3 is 0 Å². The maximum Gasteiger partial charge on any atom is 0.263 e. The van der Waals surface area contributed by atoms with E-state index < -0.39 is 10.0 Å². The second-order valence-corrected chi connectivity index (χ2v) is 6.38. The maximum atomic E-state index is 12.2. The number of hydrogen-bond donors (Lipinski definition) is 2. The summed E-state index contributed by atoms with van der Waals surface area (Å²) in [5.74, 6) is 0.809. The van der Waals surface area contributed by atoms with E-state index >= 15 is 0 Å². The van der Waals surface area contributed by atoms with E-state index in [2.05, 4.69) is 14.9 Å². The molecule has 0 saturated carbocycles. The quantitative estimate of drug-likeness (QED) is 0.805. The van der Waals surface area contributed by atoms with Crippen LogP contribution in [0.5, 0.6) is 0 Å². The zero-order chi connectivity index (χ0) is 14.6. The first-order valence-corrected chi connectivity index (χ1v) is 8.29. The first-order chi connectivity index (χ1) is 9.55. The van der Waals surface area contributed by atoms with Crippen molar-refractivity contribution < 1.29 is 8.42 Å². The average molecular weight is 314 g/mol. The summed E-state index contributed by atoms with van der Waals surface area (Å²) in [4.78, 5) is 0.205. The number of halogens is 1. The normalized spacial score (nSPS) is 11.5. The van der Waals surface area contributed by atoms with Crippen molar-refractivity contribution in [2.75, 3.05) is 10.6 Å². The van der Waals surface area contributed by atoms with Crippen molar-refractivity contribution >= 4 is 27.4 Å². The molecule has 0 bridgehead atoms. The molecule has 2 N–H and O–H groups in total. The largest absolute Gasteiger partial charge is 0.280 e. The highest BCUT2D eigenvalue weighted by Crippen LogP contribution is 2.16. The molecule has 0 unspecified atom stereocenters. The van der Waals surface area contributed by atoms with E-state index in [4.69, 9.17) is 11.6 Å². The second-order valence-electron chi connectivity index (χ2n) is 4.32. The predicted molar refractivity (Wildman–Crippen MR) is 79.6 cm³/mol. The molecule has 0 atom stereocenters. The van der Waals surface area contributed by atoms with Gasteiger partial charge in [-0.2, -0.15) is 5.10 Å². The van der Waals surface area contributed by atoms with Gasteiger partial charge in [-0.15, -0.1) is 11.6 Å². The van der Waals surface area contributed by atoms with E-state index in [1.807, 2.05) is 6.92 Å². The van der Waals surface area contributed by atoms with Gasteiger partial charge in [0, 0.05) is 17.6 Å². The summed E-state index contributed by atoms with van der Waals surface area (Å²) in [6.07, 6.45) is 1.48. The van der Waals surface area contributed by atoms with Gasteiger partial charge in [0.15, 0.2) is 5.82 Å². The Morgan fingerprint density at radius 2 is 2.00 bits per heavy atom. The van der Waals surface area contributed by atoms with Gasteiger partial charge in [-0.25, -0.2) is 8.42 Å². The third-order valence-corrected chi connectivity index (χ3v) is 4.43. The molecule has 0 aliphatic rings. The molecule has 1 aromatic carbocycles. The number of alkyl halides is 1. The summed E-state index contributed by atoms with van der Waals surface area (Å²) >= 11 is 5.65. The summed E-state index contributed by atoms with van der Waals surface area (Å²) in [6.45, 7) is 1.96. The highest BCUT2D eigenvalue weighted by atomic mass is 35.5. The zero-order valence-corrected chi connectivity index (χ0v) is 12.6. The number of rotatable bonds is 6. The molecule has 0 radical (unpaired) electrons. The summed E-state index contributed by atoms with van der Waals surface area (Å²) in [7, 11) is -3.61. The Kier molecular flexibility index (Phi) is 4.67. The molecule has 5 nitrogen and oxygen atoms in total. The summed E-state index contributed by atoms with van der Waals surface area (Å²) in [5.41, 5.74) is 1.88. The van der Waals surface area contributed by atoms with Crippen LogP contribution in [-0.4, -0.2) is 24.5 Å². The van der Waals surface area contributed by atoms with Crippen LogP contribution in [0.25, 0.3) is 0 Å². The minimum atomic E-state index is -3.61. The molecule has 7 heteroatoms. The maximum absolute atomic E-state index is 12.2. The average Bonchev–Trinajstić information content (AvgIpc) is 2.87. The number of nitrogens with one attached hydrogen (secondary N) is 2. The summed E-state index contributed by atoms with van der Waals surface area (Å²) in [6, 6.07) is 8.34. The second kappa shape index (κ2) is 6.28. The Labute approximate surface area is 123 Å². The lowest BCUT2D eigenvalue weighted by atomic mass is 10.2. The van der Waals surface area contributed by atoms with Crippen LogP contribution in [0.4, 0.5) is 5.82 Å². The Morgan fingerprint density at radius 3 is 2.55 bits per heavy atom. The highest BCUT2D eigenvalue weighted by Gasteiger charge is 2.15. The van der Waals surface area contributed by atoms with Crippen LogP contribution in [0.2, 0.25) is 0 Å². The van der Waals surface area contributed by atoms with E-state index in [0.29, 0.717) is 18.1 Å². The van der Waals surface area contributed by atoms with Crippen LogP contribution in [-0.2, 0) is 22.9 Å². The summed E-state index contributed by atoms with van der Waals surface area (Å²) < 4.78 is 26.8. The van der Waals surface area contributed by atoms with Crippen molar-refractivity contribution in [3.05, 3.63) is 41.6 Å². The van der Waals surface area contributed by atoms with Gasteiger partial charge in [0.1, 0.15) is 0 Å². The van der Waals surface area contributed by atoms with E-state index in [9.17, 15) is 8.42 Å². The molecule has 2 rings (SSSR count). The van der Waals surface area contributed by atoms with Crippen molar-refractivity contribution in [1.82, 2.24) is 10.2 Å². The smallest absolute Gasteiger partial charge is 0.263 e. The van der Waals surface area contributed by atoms with Crippen molar-refractivity contribution in [1.29, 1.82) is 0 Å². The van der Waals surface area contributed by atoms with Crippen LogP contribution >= 0.6 is 11.6 Å². The fourth-order valence-electron chi connectivity index (χ4n) is 1.74. The van der Waals surface area contributed by atoms with E-state index in [-0.39, 0.29) is 4.90 Å². The number of aromatic amines is 1. The Morgan fingerprint density at radius 1 is 1.30 bits per heavy atom. The van der Waals surface area contributed by atoms with Gasteiger partial charge in [-0.1, -0.05) is 19.1 Å². The molecule has 2 aromatic rings. The Bertz CT molecular complexity index is 665. The van der Waals surface area contributed by atoms with Crippen molar-refractivity contribution in [2.45, 2.75) is 24.7 Å². The minimum absolute atomic E-state index is 0.205. The van der Waals surface area contributed by atoms with Gasteiger partial charge < -0.3 is 0 Å². The van der Waals surface area contributed by atoms with Gasteiger partial charge in [0.25, 0.3) is 10.0 Å². The van der Waals surface area contributed by atoms with Crippen LogP contribution in [0.1, 0.15) is 18.2 Å². The number of aromatic nitrogens is 2. The molecular weight excluding hydrogens is 298 g/mol. The molecule has 0 saturated heterocycles. The fraction of sp³-hybridized carbons (Fsp3) is 0.308. The number of sulfonamides is 1. The molecular formula is C13H16ClN3O2S. The highest BCUT2D eigenvalue weighted by molar-refractivity contribution is 7.92. The van der Waals surface area contributed by atoms with Crippen molar-refractivity contribution in [3.63, 3.8) is 0 Å². The lowest BCUT2D eigenvalue weighted by Gasteiger charge is -2.06. The molecule has 1 heterocycles. The standard InChI is InChI=1S/C13H16ClN3O2S/c1-2-11-9-13(16-15-11)17-20(18,19)12-5-3-10(4-6-12)7-8-14/h3-6,9H,2,7-8H2,1H3,(H2,15,16,17). The predicted octanol–water partition coefficient (Wildman–Crippen LogP) is 2.55. The van der Waals surface area contributed by atoms with Gasteiger partial charge in [0.2, 0.25) is 0 Å². The van der Waals surface area contributed by atoms with E-state index in [1.54, 1.807) is 30.3 Å². The number of benzene rings is 1. The van der Waals surface area contributed by atoms with Gasteiger partial charge in [-0.05, 0) is 30.5 Å². The molecule has 108 valence electrons. The van der Waals surface area contributed by atoms with Crippen molar-refractivity contribution in [2.24, 2.45) is 0 Å². The lowest BCUT2D eigenvalue weighted by Crippen LogP contribution is -2.13. The van der Waals surface area contributed by atoms with Gasteiger partial charge in [-0.3, -0.25) is 9.82 Å². The number of H-pyrrole nitrogens is 1. The Balaban J connectivity index is 2.17. The molecule has 0 aliphatic carbocycles. The first-order valence-electron chi connectivity index (χ1n) is 6.27. The minimum Gasteiger partial charge on any atom is -0.280 e. The monoisotopic (exact) mass is 313 g/mol. The SMILES string of the molecule is CCc1cc(NS(=O)(=O)c2ccc(CCCl)cc2)n[nH]1. The fourth-order valence-corrected chi connectivity index (χ4v) is 2.95. The van der Waals surface area contributed by atoms with E-state index in [1.165, 1.54) is 0 Å². The third kappa shape index (κ3) is 3.52. The molecule has 20 heavy (non-hydrogen) atoms. The third-order valence-electron chi connectivity index (χ3n) is 2.87. The zero-order valence-electron chi connectivity index (χ0n) is 11.1. The molecule has 1 aromatic heterocycles. The molecule has 0 fully saturated rings. The van der Waals surface area contributed by atoms with Crippen LogP contribution < -0.4 is 4.72 Å². The number of aryl methyl sites for hydroxylation is 2. The number of nitrogens with zero attached hydrogens (tertiary/aromatic N) is 1. The van der Waals surface area contributed by atoms with Crippen LogP contribution in [0, 0.1) is 0 Å². The lowest BCUT2D eigenvalue weighted by molar-refractivity contribution is 0.601. The number of hydrogen-bond acceptors (Lipinski definition) is 3.